The average molecular weight is 304 g/mol. The maximum Gasteiger partial charge on any atom is 0.126 e. The fourth-order valence-electron chi connectivity index (χ4n) is 3.35. The van der Waals surface area contributed by atoms with Crippen molar-refractivity contribution in [3.05, 3.63) is 29.8 Å². The predicted octanol–water partition coefficient (Wildman–Crippen LogP) is 3.57. The molecule has 1 fully saturated rings. The van der Waals surface area contributed by atoms with E-state index in [-0.39, 0.29) is 6.04 Å². The molecule has 114 valence electrons. The van der Waals surface area contributed by atoms with Crippen molar-refractivity contribution in [1.29, 1.82) is 5.26 Å². The minimum atomic E-state index is -1.32. The Morgan fingerprint density at radius 1 is 1.19 bits per heavy atom. The minimum Gasteiger partial charge on any atom is -0.237 e. The van der Waals surface area contributed by atoms with Crippen LogP contribution in [0.5, 0.6) is 0 Å². The van der Waals surface area contributed by atoms with Gasteiger partial charge in [-0.2, -0.15) is 5.26 Å². The van der Waals surface area contributed by atoms with E-state index in [2.05, 4.69) is 24.6 Å². The summed E-state index contributed by atoms with van der Waals surface area (Å²) in [6.45, 7) is 6.49. The summed E-state index contributed by atoms with van der Waals surface area (Å²) >= 11 is 0. The van der Waals surface area contributed by atoms with Gasteiger partial charge >= 0.3 is 0 Å². The highest BCUT2D eigenvalue weighted by Crippen LogP contribution is 2.34. The number of aryl methyl sites for hydroxylation is 1. The molecule has 1 aliphatic rings. The van der Waals surface area contributed by atoms with Gasteiger partial charge in [0.15, 0.2) is 0 Å². The van der Waals surface area contributed by atoms with Crippen LogP contribution in [0.3, 0.4) is 0 Å². The maximum atomic E-state index is 12.4. The smallest absolute Gasteiger partial charge is 0.126 e. The summed E-state index contributed by atoms with van der Waals surface area (Å²) < 4.78 is 15.4. The number of nitrogens with zero attached hydrogens (tertiary/aromatic N) is 1. The van der Waals surface area contributed by atoms with Crippen LogP contribution >= 0.6 is 0 Å². The lowest BCUT2D eigenvalue weighted by molar-refractivity contribution is 0.204. The van der Waals surface area contributed by atoms with Crippen LogP contribution in [0.2, 0.25) is 0 Å². The monoisotopic (exact) mass is 304 g/mol. The zero-order chi connectivity index (χ0) is 15.4. The molecule has 0 aromatic heterocycles. The van der Waals surface area contributed by atoms with Gasteiger partial charge in [-0.15, -0.1) is 0 Å². The summed E-state index contributed by atoms with van der Waals surface area (Å²) in [4.78, 5) is 0.734. The first-order valence-corrected chi connectivity index (χ1v) is 8.78. The van der Waals surface area contributed by atoms with Crippen molar-refractivity contribution in [2.75, 3.05) is 0 Å². The Bertz CT molecular complexity index is 525. The van der Waals surface area contributed by atoms with Crippen LogP contribution in [0.4, 0.5) is 0 Å². The third-order valence-electron chi connectivity index (χ3n) is 4.29. The number of hydrogen-bond donors (Lipinski definition) is 1. The van der Waals surface area contributed by atoms with Crippen LogP contribution in [0.25, 0.3) is 0 Å². The highest BCUT2D eigenvalue weighted by Gasteiger charge is 2.31. The molecule has 1 N–H and O–H groups in total. The standard InChI is InChI=1S/C17H24N2OS/c1-12-4-6-16(7-5-12)21(20)19-17(11-18)15-9-13(2)8-14(3)10-15/h4-7,13-15,17,19H,8-10H2,1-3H3/t13-,14+,15?,17-,21?/m1/s1. The van der Waals surface area contributed by atoms with Gasteiger partial charge in [-0.3, -0.25) is 0 Å². The molecular formula is C17H24N2OS. The second-order valence-corrected chi connectivity index (χ2v) is 7.73. The average Bonchev–Trinajstić information content (AvgIpc) is 2.44. The zero-order valence-electron chi connectivity index (χ0n) is 13.0. The Hall–Kier alpha value is -1.18. The van der Waals surface area contributed by atoms with E-state index in [0.717, 1.165) is 23.3 Å². The molecule has 5 atom stereocenters. The Morgan fingerprint density at radius 3 is 2.29 bits per heavy atom. The normalized spacial score (nSPS) is 28.6. The fourth-order valence-corrected chi connectivity index (χ4v) is 4.35. The molecule has 2 unspecified atom stereocenters. The third kappa shape index (κ3) is 4.39. The van der Waals surface area contributed by atoms with Crippen molar-refractivity contribution in [2.24, 2.45) is 17.8 Å². The molecule has 0 saturated heterocycles. The first-order chi connectivity index (χ1) is 9.99. The van der Waals surface area contributed by atoms with Crippen molar-refractivity contribution in [1.82, 2.24) is 4.72 Å². The van der Waals surface area contributed by atoms with E-state index >= 15 is 0 Å². The van der Waals surface area contributed by atoms with E-state index in [1.165, 1.54) is 6.42 Å². The Morgan fingerprint density at radius 2 is 1.76 bits per heavy atom. The summed E-state index contributed by atoms with van der Waals surface area (Å²) in [5.74, 6) is 1.58. The molecule has 2 rings (SSSR count). The van der Waals surface area contributed by atoms with Crippen LogP contribution in [-0.2, 0) is 11.0 Å². The second-order valence-electron chi connectivity index (χ2n) is 6.48. The maximum absolute atomic E-state index is 12.4. The van der Waals surface area contributed by atoms with Crippen LogP contribution in [0.15, 0.2) is 29.2 Å². The van der Waals surface area contributed by atoms with E-state index < -0.39 is 11.0 Å². The van der Waals surface area contributed by atoms with Crippen molar-refractivity contribution in [3.8, 4) is 6.07 Å². The lowest BCUT2D eigenvalue weighted by atomic mass is 9.74. The molecule has 0 amide bonds. The molecule has 0 spiro atoms. The SMILES string of the molecule is Cc1ccc(S(=O)N[C@H](C#N)C2C[C@@H](C)C[C@@H](C)C2)cc1. The van der Waals surface area contributed by atoms with Gasteiger partial charge in [0.05, 0.1) is 11.0 Å². The van der Waals surface area contributed by atoms with Crippen molar-refractivity contribution in [3.63, 3.8) is 0 Å². The molecule has 3 nitrogen and oxygen atoms in total. The lowest BCUT2D eigenvalue weighted by Gasteiger charge is -2.33. The highest BCUT2D eigenvalue weighted by atomic mass is 32.2. The van der Waals surface area contributed by atoms with Crippen LogP contribution in [0, 0.1) is 36.0 Å². The molecule has 1 aliphatic carbocycles. The Labute approximate surface area is 130 Å². The third-order valence-corrected chi connectivity index (χ3v) is 5.46. The summed E-state index contributed by atoms with van der Waals surface area (Å²) in [5.41, 5.74) is 1.14. The molecule has 0 heterocycles. The van der Waals surface area contributed by atoms with Gasteiger partial charge in [-0.05, 0) is 56.1 Å². The van der Waals surface area contributed by atoms with Crippen LogP contribution in [-0.4, -0.2) is 10.3 Å². The molecule has 0 bridgehead atoms. The largest absolute Gasteiger partial charge is 0.237 e. The Kier molecular flexibility index (Phi) is 5.55. The van der Waals surface area contributed by atoms with Gasteiger partial charge in [0, 0.05) is 0 Å². The van der Waals surface area contributed by atoms with Crippen LogP contribution < -0.4 is 4.72 Å². The van der Waals surface area contributed by atoms with Crippen molar-refractivity contribution in [2.45, 2.75) is 51.0 Å². The summed E-state index contributed by atoms with van der Waals surface area (Å²) in [7, 11) is -1.32. The first kappa shape index (κ1) is 16.2. The highest BCUT2D eigenvalue weighted by molar-refractivity contribution is 7.83. The van der Waals surface area contributed by atoms with Gasteiger partial charge in [0.2, 0.25) is 0 Å². The molecular weight excluding hydrogens is 280 g/mol. The van der Waals surface area contributed by atoms with Crippen molar-refractivity contribution < 1.29 is 4.21 Å². The number of rotatable bonds is 4. The lowest BCUT2D eigenvalue weighted by Crippen LogP contribution is -2.39. The molecule has 1 aromatic carbocycles. The molecule has 1 aromatic rings. The van der Waals surface area contributed by atoms with E-state index in [9.17, 15) is 9.47 Å². The quantitative estimate of drug-likeness (QED) is 0.924. The van der Waals surface area contributed by atoms with E-state index in [1.54, 1.807) is 0 Å². The number of nitrogens with one attached hydrogen (secondary N) is 1. The van der Waals surface area contributed by atoms with Gasteiger partial charge in [-0.1, -0.05) is 31.5 Å². The summed E-state index contributed by atoms with van der Waals surface area (Å²) in [6, 6.07) is 9.60. The molecule has 4 heteroatoms. The first-order valence-electron chi connectivity index (χ1n) is 7.63. The second kappa shape index (κ2) is 7.20. The summed E-state index contributed by atoms with van der Waals surface area (Å²) in [6.07, 6.45) is 3.32. The van der Waals surface area contributed by atoms with Gasteiger partial charge in [-0.25, -0.2) is 8.93 Å². The van der Waals surface area contributed by atoms with Crippen LogP contribution in [0.1, 0.15) is 38.7 Å². The predicted molar refractivity (Wildman–Crippen MR) is 85.8 cm³/mol. The Balaban J connectivity index is 2.03. The van der Waals surface area contributed by atoms with Crippen molar-refractivity contribution >= 4 is 11.0 Å². The van der Waals surface area contributed by atoms with Gasteiger partial charge in [0.1, 0.15) is 17.0 Å². The molecule has 21 heavy (non-hydrogen) atoms. The topological polar surface area (TPSA) is 52.9 Å². The number of benzene rings is 1. The fraction of sp³-hybridized carbons (Fsp3) is 0.588. The van der Waals surface area contributed by atoms with E-state index in [1.807, 2.05) is 31.2 Å². The van der Waals surface area contributed by atoms with E-state index in [4.69, 9.17) is 0 Å². The molecule has 1 saturated carbocycles. The van der Waals surface area contributed by atoms with Gasteiger partial charge in [0.25, 0.3) is 0 Å². The van der Waals surface area contributed by atoms with Gasteiger partial charge < -0.3 is 0 Å². The summed E-state index contributed by atoms with van der Waals surface area (Å²) in [5, 5.41) is 9.44. The zero-order valence-corrected chi connectivity index (χ0v) is 13.8. The minimum absolute atomic E-state index is 0.295. The number of nitriles is 1. The molecule has 0 radical (unpaired) electrons. The molecule has 0 aliphatic heterocycles. The van der Waals surface area contributed by atoms with E-state index in [0.29, 0.717) is 17.8 Å². The number of hydrogen-bond acceptors (Lipinski definition) is 2.